The summed E-state index contributed by atoms with van der Waals surface area (Å²) >= 11 is 0. The van der Waals surface area contributed by atoms with E-state index in [2.05, 4.69) is 0 Å². The van der Waals surface area contributed by atoms with Crippen molar-refractivity contribution in [1.29, 1.82) is 0 Å². The van der Waals surface area contributed by atoms with E-state index in [9.17, 15) is 13.2 Å². The SMILES string of the molecule is CN(CC1CCC1)c1ccc(N)c(C(F)(F)F)c1. The Kier molecular flexibility index (Phi) is 3.41. The minimum atomic E-state index is -4.39. The molecule has 0 saturated heterocycles. The molecule has 2 rings (SSSR count). The van der Waals surface area contributed by atoms with Gasteiger partial charge in [-0.25, -0.2) is 0 Å². The number of alkyl halides is 3. The van der Waals surface area contributed by atoms with Crippen LogP contribution >= 0.6 is 0 Å². The fourth-order valence-corrected chi connectivity index (χ4v) is 2.20. The average molecular weight is 258 g/mol. The molecule has 1 fully saturated rings. The minimum Gasteiger partial charge on any atom is -0.398 e. The molecule has 1 aliphatic carbocycles. The van der Waals surface area contributed by atoms with Crippen LogP contribution < -0.4 is 10.6 Å². The van der Waals surface area contributed by atoms with Crippen LogP contribution in [0.2, 0.25) is 0 Å². The lowest BCUT2D eigenvalue weighted by atomic mass is 9.85. The molecule has 100 valence electrons. The molecule has 0 aliphatic heterocycles. The highest BCUT2D eigenvalue weighted by molar-refractivity contribution is 5.59. The first-order valence-electron chi connectivity index (χ1n) is 6.06. The van der Waals surface area contributed by atoms with Crippen molar-refractivity contribution in [2.75, 3.05) is 24.2 Å². The van der Waals surface area contributed by atoms with Crippen molar-refractivity contribution in [3.63, 3.8) is 0 Å². The van der Waals surface area contributed by atoms with Gasteiger partial charge >= 0.3 is 6.18 Å². The summed E-state index contributed by atoms with van der Waals surface area (Å²) in [6, 6.07) is 4.10. The van der Waals surface area contributed by atoms with E-state index in [1.54, 1.807) is 6.07 Å². The molecule has 1 saturated carbocycles. The average Bonchev–Trinajstić information content (AvgIpc) is 2.22. The van der Waals surface area contributed by atoms with E-state index in [4.69, 9.17) is 5.73 Å². The van der Waals surface area contributed by atoms with Gasteiger partial charge in [0.15, 0.2) is 0 Å². The van der Waals surface area contributed by atoms with Crippen molar-refractivity contribution in [3.8, 4) is 0 Å². The van der Waals surface area contributed by atoms with E-state index in [1.807, 2.05) is 11.9 Å². The van der Waals surface area contributed by atoms with Crippen molar-refractivity contribution < 1.29 is 13.2 Å². The van der Waals surface area contributed by atoms with Crippen molar-refractivity contribution in [2.45, 2.75) is 25.4 Å². The van der Waals surface area contributed by atoms with Crippen LogP contribution in [0.15, 0.2) is 18.2 Å². The van der Waals surface area contributed by atoms with Gasteiger partial charge in [0.1, 0.15) is 0 Å². The Morgan fingerprint density at radius 2 is 2.00 bits per heavy atom. The Labute approximate surface area is 105 Å². The molecule has 5 heteroatoms. The molecular formula is C13H17F3N2. The quantitative estimate of drug-likeness (QED) is 0.840. The minimum absolute atomic E-state index is 0.219. The Morgan fingerprint density at radius 1 is 1.33 bits per heavy atom. The van der Waals surface area contributed by atoms with Gasteiger partial charge in [0.2, 0.25) is 0 Å². The van der Waals surface area contributed by atoms with Gasteiger partial charge in [-0.15, -0.1) is 0 Å². The molecule has 0 aromatic heterocycles. The Balaban J connectivity index is 2.17. The van der Waals surface area contributed by atoms with Crippen LogP contribution in [0.5, 0.6) is 0 Å². The maximum absolute atomic E-state index is 12.7. The number of halogens is 3. The van der Waals surface area contributed by atoms with Crippen LogP contribution in [-0.4, -0.2) is 13.6 Å². The van der Waals surface area contributed by atoms with Crippen LogP contribution in [0.25, 0.3) is 0 Å². The first kappa shape index (κ1) is 13.1. The summed E-state index contributed by atoms with van der Waals surface area (Å²) in [5, 5.41) is 0. The molecular weight excluding hydrogens is 241 g/mol. The van der Waals surface area contributed by atoms with Gasteiger partial charge in [-0.05, 0) is 37.0 Å². The zero-order valence-electron chi connectivity index (χ0n) is 10.3. The van der Waals surface area contributed by atoms with E-state index in [-0.39, 0.29) is 5.69 Å². The van der Waals surface area contributed by atoms with Crippen LogP contribution in [0, 0.1) is 5.92 Å². The van der Waals surface area contributed by atoms with Gasteiger partial charge in [-0.2, -0.15) is 13.2 Å². The van der Waals surface area contributed by atoms with Crippen LogP contribution in [0.4, 0.5) is 24.5 Å². The van der Waals surface area contributed by atoms with Crippen molar-refractivity contribution >= 4 is 11.4 Å². The summed E-state index contributed by atoms with van der Waals surface area (Å²) in [6.07, 6.45) is -0.817. The van der Waals surface area contributed by atoms with E-state index in [0.717, 1.165) is 12.6 Å². The lowest BCUT2D eigenvalue weighted by Crippen LogP contribution is -2.29. The highest BCUT2D eigenvalue weighted by Gasteiger charge is 2.33. The number of nitrogens with two attached hydrogens (primary N) is 1. The summed E-state index contributed by atoms with van der Waals surface area (Å²) in [7, 11) is 1.82. The lowest BCUT2D eigenvalue weighted by Gasteiger charge is -2.31. The van der Waals surface area contributed by atoms with Crippen molar-refractivity contribution in [2.24, 2.45) is 5.92 Å². The zero-order valence-corrected chi connectivity index (χ0v) is 10.3. The third-order valence-corrected chi connectivity index (χ3v) is 3.54. The van der Waals surface area contributed by atoms with Gasteiger partial charge in [-0.3, -0.25) is 0 Å². The number of nitrogen functional groups attached to an aromatic ring is 1. The first-order chi connectivity index (χ1) is 8.38. The maximum Gasteiger partial charge on any atom is 0.418 e. The number of anilines is 2. The molecule has 2 N–H and O–H groups in total. The maximum atomic E-state index is 12.7. The first-order valence-corrected chi connectivity index (χ1v) is 6.06. The van der Waals surface area contributed by atoms with E-state index < -0.39 is 11.7 Å². The second-order valence-corrected chi connectivity index (χ2v) is 4.95. The lowest BCUT2D eigenvalue weighted by molar-refractivity contribution is -0.136. The van der Waals surface area contributed by atoms with Crippen molar-refractivity contribution in [1.82, 2.24) is 0 Å². The molecule has 18 heavy (non-hydrogen) atoms. The Morgan fingerprint density at radius 3 is 2.50 bits per heavy atom. The van der Waals surface area contributed by atoms with Gasteiger partial charge < -0.3 is 10.6 Å². The summed E-state index contributed by atoms with van der Waals surface area (Å²) in [5.74, 6) is 0.613. The molecule has 0 amide bonds. The number of hydrogen-bond donors (Lipinski definition) is 1. The van der Waals surface area contributed by atoms with Crippen LogP contribution in [0.3, 0.4) is 0 Å². The summed E-state index contributed by atoms with van der Waals surface area (Å²) < 4.78 is 38.2. The number of rotatable bonds is 3. The monoisotopic (exact) mass is 258 g/mol. The fraction of sp³-hybridized carbons (Fsp3) is 0.538. The second kappa shape index (κ2) is 4.71. The smallest absolute Gasteiger partial charge is 0.398 e. The van der Waals surface area contributed by atoms with Crippen molar-refractivity contribution in [3.05, 3.63) is 23.8 Å². The van der Waals surface area contributed by atoms with E-state index in [0.29, 0.717) is 11.6 Å². The van der Waals surface area contributed by atoms with E-state index >= 15 is 0 Å². The largest absolute Gasteiger partial charge is 0.418 e. The predicted octanol–water partition coefficient (Wildman–Crippen LogP) is 3.52. The van der Waals surface area contributed by atoms with Crippen LogP contribution in [-0.2, 0) is 6.18 Å². The molecule has 0 radical (unpaired) electrons. The Bertz CT molecular complexity index is 425. The zero-order chi connectivity index (χ0) is 13.3. The van der Waals surface area contributed by atoms with Gasteiger partial charge in [0.25, 0.3) is 0 Å². The highest BCUT2D eigenvalue weighted by atomic mass is 19.4. The van der Waals surface area contributed by atoms with Gasteiger partial charge in [0.05, 0.1) is 5.56 Å². The molecule has 1 aliphatic rings. The standard InChI is InChI=1S/C13H17F3N2/c1-18(8-9-3-2-4-9)10-5-6-12(17)11(7-10)13(14,15)16/h5-7,9H,2-4,8,17H2,1H3. The van der Waals surface area contributed by atoms with E-state index in [1.165, 1.54) is 25.3 Å². The number of hydrogen-bond acceptors (Lipinski definition) is 2. The highest BCUT2D eigenvalue weighted by Crippen LogP contribution is 2.36. The molecule has 1 aromatic rings. The third kappa shape index (κ3) is 2.71. The number of nitrogens with zero attached hydrogens (tertiary/aromatic N) is 1. The molecule has 0 heterocycles. The molecule has 0 atom stereocenters. The molecule has 0 spiro atoms. The fourth-order valence-electron chi connectivity index (χ4n) is 2.20. The topological polar surface area (TPSA) is 29.3 Å². The summed E-state index contributed by atoms with van der Waals surface area (Å²) in [4.78, 5) is 1.87. The normalized spacial score (nSPS) is 16.4. The summed E-state index contributed by atoms with van der Waals surface area (Å²) in [6.45, 7) is 0.807. The third-order valence-electron chi connectivity index (χ3n) is 3.54. The predicted molar refractivity (Wildman–Crippen MR) is 66.5 cm³/mol. The second-order valence-electron chi connectivity index (χ2n) is 4.95. The number of benzene rings is 1. The Hall–Kier alpha value is -1.39. The molecule has 0 bridgehead atoms. The van der Waals surface area contributed by atoms with Gasteiger partial charge in [-0.1, -0.05) is 6.42 Å². The molecule has 2 nitrogen and oxygen atoms in total. The molecule has 0 unspecified atom stereocenters. The van der Waals surface area contributed by atoms with Crippen LogP contribution in [0.1, 0.15) is 24.8 Å². The molecule has 1 aromatic carbocycles. The van der Waals surface area contributed by atoms with Gasteiger partial charge in [0, 0.05) is 25.0 Å². The summed E-state index contributed by atoms with van der Waals surface area (Å²) in [5.41, 5.74) is 4.98.